The Bertz CT molecular complexity index is 555. The van der Waals surface area contributed by atoms with Gasteiger partial charge in [-0.05, 0) is 42.2 Å². The number of aliphatic hydroxyl groups is 1. The zero-order valence-corrected chi connectivity index (χ0v) is 12.2. The maximum Gasteiger partial charge on any atom is 0.238 e. The Balaban J connectivity index is 2.06. The van der Waals surface area contributed by atoms with Crippen LogP contribution in [-0.4, -0.2) is 10.1 Å². The van der Waals surface area contributed by atoms with Gasteiger partial charge < -0.3 is 9.84 Å². The van der Waals surface area contributed by atoms with Gasteiger partial charge in [-0.1, -0.05) is 37.1 Å². The third-order valence-corrected chi connectivity index (χ3v) is 3.27. The van der Waals surface area contributed by atoms with Gasteiger partial charge in [0.15, 0.2) is 0 Å². The zero-order valence-electron chi connectivity index (χ0n) is 11.5. The fraction of sp³-hybridized carbons (Fsp3) is 0.312. The zero-order chi connectivity index (χ0) is 14.4. The number of aryl methyl sites for hydroxylation is 1. The van der Waals surface area contributed by atoms with E-state index in [1.54, 1.807) is 12.3 Å². The van der Waals surface area contributed by atoms with Crippen LogP contribution >= 0.6 is 11.6 Å². The summed E-state index contributed by atoms with van der Waals surface area (Å²) in [6.45, 7) is 2.10. The van der Waals surface area contributed by atoms with Crippen LogP contribution in [0.1, 0.15) is 30.9 Å². The van der Waals surface area contributed by atoms with Gasteiger partial charge in [0.2, 0.25) is 5.88 Å². The summed E-state index contributed by atoms with van der Waals surface area (Å²) in [5.74, 6) is 1.06. The number of benzene rings is 1. The lowest BCUT2D eigenvalue weighted by Gasteiger charge is -2.08. The van der Waals surface area contributed by atoms with Crippen LogP contribution in [0, 0.1) is 0 Å². The normalized spacial score (nSPS) is 10.6. The first-order valence-electron chi connectivity index (χ1n) is 6.75. The molecule has 0 radical (unpaired) electrons. The first kappa shape index (κ1) is 14.8. The topological polar surface area (TPSA) is 42.4 Å². The van der Waals surface area contributed by atoms with Crippen molar-refractivity contribution in [2.75, 3.05) is 0 Å². The minimum absolute atomic E-state index is 0.0842. The lowest BCUT2D eigenvalue weighted by Crippen LogP contribution is -1.92. The maximum absolute atomic E-state index is 9.00. The quantitative estimate of drug-likeness (QED) is 0.860. The van der Waals surface area contributed by atoms with Gasteiger partial charge in [0.1, 0.15) is 10.8 Å². The van der Waals surface area contributed by atoms with Crippen LogP contribution < -0.4 is 4.74 Å². The van der Waals surface area contributed by atoms with E-state index in [0.717, 1.165) is 6.42 Å². The number of pyridine rings is 1. The highest BCUT2D eigenvalue weighted by Crippen LogP contribution is 2.28. The molecule has 1 heterocycles. The van der Waals surface area contributed by atoms with Crippen molar-refractivity contribution < 1.29 is 9.84 Å². The van der Waals surface area contributed by atoms with E-state index in [2.05, 4.69) is 24.0 Å². The smallest absolute Gasteiger partial charge is 0.238 e. The molecular weight excluding hydrogens is 274 g/mol. The van der Waals surface area contributed by atoms with Gasteiger partial charge in [-0.3, -0.25) is 0 Å². The van der Waals surface area contributed by atoms with E-state index in [1.165, 1.54) is 18.4 Å². The lowest BCUT2D eigenvalue weighted by atomic mass is 10.1. The van der Waals surface area contributed by atoms with Crippen LogP contribution in [0.3, 0.4) is 0 Å². The van der Waals surface area contributed by atoms with Crippen LogP contribution in [0.4, 0.5) is 0 Å². The minimum Gasteiger partial charge on any atom is -0.438 e. The maximum atomic E-state index is 9.00. The molecule has 2 aromatic rings. The van der Waals surface area contributed by atoms with Gasteiger partial charge in [-0.15, -0.1) is 0 Å². The Morgan fingerprint density at radius 2 is 1.95 bits per heavy atom. The van der Waals surface area contributed by atoms with Crippen LogP contribution in [0.5, 0.6) is 11.6 Å². The number of hydrogen-bond acceptors (Lipinski definition) is 3. The number of nitrogens with zero attached hydrogens (tertiary/aromatic N) is 1. The summed E-state index contributed by atoms with van der Waals surface area (Å²) in [4.78, 5) is 4.10. The second kappa shape index (κ2) is 7.27. The molecule has 106 valence electrons. The van der Waals surface area contributed by atoms with E-state index >= 15 is 0 Å². The monoisotopic (exact) mass is 291 g/mol. The number of halogens is 1. The van der Waals surface area contributed by atoms with Crippen molar-refractivity contribution >= 4 is 11.6 Å². The van der Waals surface area contributed by atoms with Crippen LogP contribution in [0.25, 0.3) is 0 Å². The van der Waals surface area contributed by atoms with E-state index in [4.69, 9.17) is 21.4 Å². The number of aliphatic hydroxyl groups excluding tert-OH is 1. The van der Waals surface area contributed by atoms with Crippen molar-refractivity contribution in [1.82, 2.24) is 4.98 Å². The molecule has 0 saturated carbocycles. The molecule has 1 aromatic heterocycles. The van der Waals surface area contributed by atoms with E-state index in [9.17, 15) is 0 Å². The number of rotatable bonds is 6. The van der Waals surface area contributed by atoms with E-state index < -0.39 is 0 Å². The molecule has 0 aliphatic carbocycles. The highest BCUT2D eigenvalue weighted by Gasteiger charge is 2.06. The molecule has 0 aliphatic heterocycles. The van der Waals surface area contributed by atoms with Crippen LogP contribution in [0.2, 0.25) is 5.02 Å². The van der Waals surface area contributed by atoms with E-state index in [0.29, 0.717) is 22.2 Å². The van der Waals surface area contributed by atoms with Gasteiger partial charge in [-0.2, -0.15) is 0 Å². The molecule has 0 saturated heterocycles. The minimum atomic E-state index is -0.0842. The molecule has 0 aliphatic rings. The number of ether oxygens (including phenoxy) is 1. The second-order valence-corrected chi connectivity index (χ2v) is 5.05. The van der Waals surface area contributed by atoms with Gasteiger partial charge in [-0.25, -0.2) is 4.98 Å². The molecule has 0 fully saturated rings. The summed E-state index contributed by atoms with van der Waals surface area (Å²) >= 11 is 6.06. The van der Waals surface area contributed by atoms with Crippen molar-refractivity contribution in [3.8, 4) is 11.6 Å². The Kier molecular flexibility index (Phi) is 5.39. The first-order chi connectivity index (χ1) is 9.72. The Hall–Kier alpha value is -1.58. The summed E-state index contributed by atoms with van der Waals surface area (Å²) in [5.41, 5.74) is 1.96. The van der Waals surface area contributed by atoms with Crippen LogP contribution in [-0.2, 0) is 13.0 Å². The summed E-state index contributed by atoms with van der Waals surface area (Å²) in [7, 11) is 0. The fourth-order valence-electron chi connectivity index (χ4n) is 1.84. The fourth-order valence-corrected chi connectivity index (χ4v) is 2.07. The summed E-state index contributed by atoms with van der Waals surface area (Å²) in [5, 5.41) is 9.40. The third-order valence-electron chi connectivity index (χ3n) is 3.00. The van der Waals surface area contributed by atoms with Crippen molar-refractivity contribution in [3.05, 3.63) is 52.7 Å². The molecule has 0 bridgehead atoms. The molecule has 0 spiro atoms. The number of hydrogen-bond donors (Lipinski definition) is 1. The number of unbranched alkanes of at least 4 members (excludes halogenated alkanes) is 1. The molecule has 4 heteroatoms. The second-order valence-electron chi connectivity index (χ2n) is 4.64. The Labute approximate surface area is 124 Å². The van der Waals surface area contributed by atoms with Gasteiger partial charge in [0.25, 0.3) is 0 Å². The molecule has 0 amide bonds. The van der Waals surface area contributed by atoms with E-state index in [-0.39, 0.29) is 6.61 Å². The SMILES string of the molecule is CCCCc1ccc(Oc2ncc(CO)cc2Cl)cc1. The molecule has 1 aromatic carbocycles. The number of aromatic nitrogens is 1. The average molecular weight is 292 g/mol. The van der Waals surface area contributed by atoms with Crippen molar-refractivity contribution in [1.29, 1.82) is 0 Å². The van der Waals surface area contributed by atoms with Gasteiger partial charge in [0, 0.05) is 6.20 Å². The molecule has 1 N–H and O–H groups in total. The highest BCUT2D eigenvalue weighted by atomic mass is 35.5. The Morgan fingerprint density at radius 1 is 1.20 bits per heavy atom. The van der Waals surface area contributed by atoms with Gasteiger partial charge in [0.05, 0.1) is 6.61 Å². The Morgan fingerprint density at radius 3 is 2.55 bits per heavy atom. The molecule has 2 rings (SSSR count). The van der Waals surface area contributed by atoms with Crippen molar-refractivity contribution in [3.63, 3.8) is 0 Å². The molecule has 0 atom stereocenters. The molecule has 3 nitrogen and oxygen atoms in total. The molecular formula is C16H18ClNO2. The van der Waals surface area contributed by atoms with Crippen molar-refractivity contribution in [2.24, 2.45) is 0 Å². The lowest BCUT2D eigenvalue weighted by molar-refractivity contribution is 0.281. The van der Waals surface area contributed by atoms with Crippen LogP contribution in [0.15, 0.2) is 36.5 Å². The molecule has 20 heavy (non-hydrogen) atoms. The largest absolute Gasteiger partial charge is 0.438 e. The van der Waals surface area contributed by atoms with E-state index in [1.807, 2.05) is 12.1 Å². The summed E-state index contributed by atoms with van der Waals surface area (Å²) in [6.07, 6.45) is 5.02. The summed E-state index contributed by atoms with van der Waals surface area (Å²) in [6, 6.07) is 9.60. The predicted octanol–water partition coefficient (Wildman–Crippen LogP) is 4.36. The summed E-state index contributed by atoms with van der Waals surface area (Å²) < 4.78 is 5.64. The predicted molar refractivity (Wildman–Crippen MR) is 80.3 cm³/mol. The first-order valence-corrected chi connectivity index (χ1v) is 7.12. The highest BCUT2D eigenvalue weighted by molar-refractivity contribution is 6.31. The molecule has 0 unspecified atom stereocenters. The average Bonchev–Trinajstić information content (AvgIpc) is 2.48. The van der Waals surface area contributed by atoms with Crippen molar-refractivity contribution in [2.45, 2.75) is 32.8 Å². The third kappa shape index (κ3) is 3.95. The van der Waals surface area contributed by atoms with Gasteiger partial charge >= 0.3 is 0 Å². The standard InChI is InChI=1S/C16H18ClNO2/c1-2-3-4-12-5-7-14(8-6-12)20-16-15(17)9-13(11-19)10-18-16/h5-10,19H,2-4,11H2,1H3.